The minimum Gasteiger partial charge on any atom is -0.496 e. The largest absolute Gasteiger partial charge is 0.496 e. The normalized spacial score (nSPS) is 10.7. The van der Waals surface area contributed by atoms with Crippen molar-refractivity contribution in [1.82, 2.24) is 4.90 Å². The SMILES string of the molecule is CCN(CC)CCC(=O)Cc1ccccc1OC. The third-order valence-corrected chi connectivity index (χ3v) is 3.18. The van der Waals surface area contributed by atoms with Gasteiger partial charge in [0.05, 0.1) is 7.11 Å². The Bertz CT molecular complexity index is 373. The lowest BCUT2D eigenvalue weighted by atomic mass is 10.1. The number of rotatable bonds is 8. The van der Waals surface area contributed by atoms with E-state index >= 15 is 0 Å². The Kier molecular flexibility index (Phi) is 6.44. The van der Waals surface area contributed by atoms with E-state index in [2.05, 4.69) is 18.7 Å². The van der Waals surface area contributed by atoms with Gasteiger partial charge < -0.3 is 9.64 Å². The quantitative estimate of drug-likeness (QED) is 0.709. The highest BCUT2D eigenvalue weighted by atomic mass is 16.5. The van der Waals surface area contributed by atoms with Crippen LogP contribution in [-0.4, -0.2) is 37.4 Å². The van der Waals surface area contributed by atoms with E-state index in [4.69, 9.17) is 4.74 Å². The first-order valence-electron chi connectivity index (χ1n) is 6.57. The van der Waals surface area contributed by atoms with Gasteiger partial charge in [-0.05, 0) is 19.2 Å². The number of carbonyl (C=O) groups is 1. The molecule has 0 atom stereocenters. The van der Waals surface area contributed by atoms with Crippen LogP contribution in [0, 0.1) is 0 Å². The Balaban J connectivity index is 2.49. The minimum absolute atomic E-state index is 0.270. The molecule has 0 bridgehead atoms. The van der Waals surface area contributed by atoms with Crippen molar-refractivity contribution in [2.75, 3.05) is 26.7 Å². The van der Waals surface area contributed by atoms with Crippen LogP contribution in [0.5, 0.6) is 5.75 Å². The number of benzene rings is 1. The van der Waals surface area contributed by atoms with Crippen molar-refractivity contribution in [3.8, 4) is 5.75 Å². The third-order valence-electron chi connectivity index (χ3n) is 3.18. The van der Waals surface area contributed by atoms with Gasteiger partial charge >= 0.3 is 0 Å². The standard InChI is InChI=1S/C15H23NO2/c1-4-16(5-2)11-10-14(17)12-13-8-6-7-9-15(13)18-3/h6-9H,4-5,10-12H2,1-3H3. The van der Waals surface area contributed by atoms with E-state index in [9.17, 15) is 4.79 Å². The maximum Gasteiger partial charge on any atom is 0.138 e. The summed E-state index contributed by atoms with van der Waals surface area (Å²) >= 11 is 0. The Hall–Kier alpha value is -1.35. The van der Waals surface area contributed by atoms with Crippen LogP contribution in [0.1, 0.15) is 25.8 Å². The van der Waals surface area contributed by atoms with Crippen molar-refractivity contribution in [3.05, 3.63) is 29.8 Å². The van der Waals surface area contributed by atoms with E-state index in [1.807, 2.05) is 24.3 Å². The molecule has 0 saturated carbocycles. The van der Waals surface area contributed by atoms with E-state index in [1.54, 1.807) is 7.11 Å². The average Bonchev–Trinajstić information content (AvgIpc) is 2.40. The highest BCUT2D eigenvalue weighted by molar-refractivity contribution is 5.81. The Morgan fingerprint density at radius 3 is 2.50 bits per heavy atom. The molecule has 0 aromatic heterocycles. The van der Waals surface area contributed by atoms with Gasteiger partial charge in [0.1, 0.15) is 11.5 Å². The van der Waals surface area contributed by atoms with Crippen molar-refractivity contribution in [3.63, 3.8) is 0 Å². The van der Waals surface area contributed by atoms with Crippen LogP contribution < -0.4 is 4.74 Å². The fourth-order valence-corrected chi connectivity index (χ4v) is 1.97. The number of carbonyl (C=O) groups excluding carboxylic acids is 1. The molecule has 1 aromatic carbocycles. The molecule has 0 aliphatic rings. The lowest BCUT2D eigenvalue weighted by Gasteiger charge is -2.17. The smallest absolute Gasteiger partial charge is 0.138 e. The monoisotopic (exact) mass is 249 g/mol. The number of Topliss-reactive ketones (excluding diaryl/α,β-unsaturated/α-hetero) is 1. The zero-order valence-corrected chi connectivity index (χ0v) is 11.6. The second-order valence-electron chi connectivity index (χ2n) is 4.30. The molecule has 0 heterocycles. The van der Waals surface area contributed by atoms with E-state index in [0.717, 1.165) is 30.9 Å². The van der Waals surface area contributed by atoms with Crippen molar-refractivity contribution in [2.24, 2.45) is 0 Å². The molecular formula is C15H23NO2. The minimum atomic E-state index is 0.270. The maximum atomic E-state index is 11.9. The third kappa shape index (κ3) is 4.49. The van der Waals surface area contributed by atoms with Crippen molar-refractivity contribution >= 4 is 5.78 Å². The lowest BCUT2D eigenvalue weighted by Crippen LogP contribution is -2.26. The predicted molar refractivity (Wildman–Crippen MR) is 74.1 cm³/mol. The van der Waals surface area contributed by atoms with Crippen LogP contribution >= 0.6 is 0 Å². The first-order chi connectivity index (χ1) is 8.71. The number of para-hydroxylation sites is 1. The second kappa shape index (κ2) is 7.88. The molecule has 1 aromatic rings. The van der Waals surface area contributed by atoms with Gasteiger partial charge in [-0.2, -0.15) is 0 Å². The number of hydrogen-bond donors (Lipinski definition) is 0. The summed E-state index contributed by atoms with van der Waals surface area (Å²) < 4.78 is 5.25. The number of ketones is 1. The van der Waals surface area contributed by atoms with Gasteiger partial charge in [-0.15, -0.1) is 0 Å². The summed E-state index contributed by atoms with van der Waals surface area (Å²) in [5.41, 5.74) is 0.976. The summed E-state index contributed by atoms with van der Waals surface area (Å²) in [6.45, 7) is 7.08. The molecule has 0 unspecified atom stereocenters. The summed E-state index contributed by atoms with van der Waals surface area (Å²) in [5.74, 6) is 1.07. The fourth-order valence-electron chi connectivity index (χ4n) is 1.97. The van der Waals surface area contributed by atoms with Crippen LogP contribution in [-0.2, 0) is 11.2 Å². The van der Waals surface area contributed by atoms with E-state index in [1.165, 1.54) is 0 Å². The van der Waals surface area contributed by atoms with Gasteiger partial charge in [-0.1, -0.05) is 32.0 Å². The number of hydrogen-bond acceptors (Lipinski definition) is 3. The molecule has 1 rings (SSSR count). The lowest BCUT2D eigenvalue weighted by molar-refractivity contribution is -0.118. The zero-order valence-electron chi connectivity index (χ0n) is 11.6. The fraction of sp³-hybridized carbons (Fsp3) is 0.533. The summed E-state index contributed by atoms with van der Waals surface area (Å²) in [6, 6.07) is 7.71. The summed E-state index contributed by atoms with van der Waals surface area (Å²) in [4.78, 5) is 14.2. The van der Waals surface area contributed by atoms with Gasteiger partial charge in [0.15, 0.2) is 0 Å². The maximum absolute atomic E-state index is 11.9. The molecular weight excluding hydrogens is 226 g/mol. The van der Waals surface area contributed by atoms with Gasteiger partial charge in [-0.25, -0.2) is 0 Å². The molecule has 0 fully saturated rings. The first kappa shape index (κ1) is 14.7. The molecule has 0 N–H and O–H groups in total. The molecule has 100 valence electrons. The molecule has 0 amide bonds. The van der Waals surface area contributed by atoms with E-state index in [-0.39, 0.29) is 5.78 Å². The molecule has 0 aliphatic carbocycles. The molecule has 0 spiro atoms. The van der Waals surface area contributed by atoms with E-state index in [0.29, 0.717) is 12.8 Å². The van der Waals surface area contributed by atoms with Crippen LogP contribution in [0.25, 0.3) is 0 Å². The summed E-state index contributed by atoms with van der Waals surface area (Å²) in [7, 11) is 1.64. The second-order valence-corrected chi connectivity index (χ2v) is 4.30. The molecule has 3 heteroatoms. The van der Waals surface area contributed by atoms with Crippen molar-refractivity contribution in [1.29, 1.82) is 0 Å². The average molecular weight is 249 g/mol. The van der Waals surface area contributed by atoms with Crippen LogP contribution in [0.2, 0.25) is 0 Å². The number of nitrogens with zero attached hydrogens (tertiary/aromatic N) is 1. The van der Waals surface area contributed by atoms with Gasteiger partial charge in [-0.3, -0.25) is 4.79 Å². The topological polar surface area (TPSA) is 29.5 Å². The van der Waals surface area contributed by atoms with Crippen LogP contribution in [0.15, 0.2) is 24.3 Å². The highest BCUT2D eigenvalue weighted by Gasteiger charge is 2.09. The van der Waals surface area contributed by atoms with E-state index < -0.39 is 0 Å². The summed E-state index contributed by atoms with van der Waals surface area (Å²) in [6.07, 6.45) is 1.07. The summed E-state index contributed by atoms with van der Waals surface area (Å²) in [5, 5.41) is 0. The molecule has 0 saturated heterocycles. The molecule has 0 aliphatic heterocycles. The van der Waals surface area contributed by atoms with Crippen LogP contribution in [0.3, 0.4) is 0 Å². The van der Waals surface area contributed by atoms with Crippen molar-refractivity contribution < 1.29 is 9.53 Å². The van der Waals surface area contributed by atoms with Gasteiger partial charge in [0, 0.05) is 24.9 Å². The Morgan fingerprint density at radius 1 is 1.22 bits per heavy atom. The first-order valence-corrected chi connectivity index (χ1v) is 6.57. The number of ether oxygens (including phenoxy) is 1. The van der Waals surface area contributed by atoms with Crippen LogP contribution in [0.4, 0.5) is 0 Å². The Labute approximate surface area is 110 Å². The van der Waals surface area contributed by atoms with Crippen molar-refractivity contribution in [2.45, 2.75) is 26.7 Å². The molecule has 0 radical (unpaired) electrons. The molecule has 3 nitrogen and oxygen atoms in total. The zero-order chi connectivity index (χ0) is 13.4. The predicted octanol–water partition coefficient (Wildman–Crippen LogP) is 2.54. The Morgan fingerprint density at radius 2 is 1.89 bits per heavy atom. The molecule has 18 heavy (non-hydrogen) atoms. The van der Waals surface area contributed by atoms with Gasteiger partial charge in [0.25, 0.3) is 0 Å². The van der Waals surface area contributed by atoms with Gasteiger partial charge in [0.2, 0.25) is 0 Å². The highest BCUT2D eigenvalue weighted by Crippen LogP contribution is 2.18. The number of methoxy groups -OCH3 is 1.